The molecule has 0 atom stereocenters. The number of aromatic nitrogens is 2. The second-order valence-corrected chi connectivity index (χ2v) is 10.2. The van der Waals surface area contributed by atoms with Gasteiger partial charge in [0.15, 0.2) is 0 Å². The van der Waals surface area contributed by atoms with Crippen LogP contribution in [0.2, 0.25) is 0 Å². The standard InChI is InChI=1S/C28H32F3N7O2/c1-37(2)18-9-11-38(12-10-18)19-7-8-23(24(13-19)40-3)35-27-33-16-21(28(29,30)31)26(36-27)32-15-17-5-4-6-22-20(17)14-25(39)34-22/h4-8,13,16,18H,9-12,14-15H2,1-3H3,(H,34,39)(H2,32,33,35,36). The van der Waals surface area contributed by atoms with Gasteiger partial charge >= 0.3 is 6.18 Å². The molecular weight excluding hydrogens is 523 g/mol. The minimum absolute atomic E-state index is 0.0107. The molecule has 212 valence electrons. The number of anilines is 5. The maximum absolute atomic E-state index is 13.8. The number of amides is 1. The van der Waals surface area contributed by atoms with Crippen molar-refractivity contribution >= 4 is 34.7 Å². The number of rotatable bonds is 8. The first-order valence-corrected chi connectivity index (χ1v) is 13.1. The minimum Gasteiger partial charge on any atom is -0.494 e. The lowest BCUT2D eigenvalue weighted by Crippen LogP contribution is -2.41. The van der Waals surface area contributed by atoms with Gasteiger partial charge in [-0.2, -0.15) is 18.2 Å². The van der Waals surface area contributed by atoms with Crippen molar-refractivity contribution in [1.82, 2.24) is 14.9 Å². The Morgan fingerprint density at radius 2 is 1.95 bits per heavy atom. The highest BCUT2D eigenvalue weighted by atomic mass is 19.4. The summed E-state index contributed by atoms with van der Waals surface area (Å²) in [5.41, 5.74) is 2.70. The van der Waals surface area contributed by atoms with Crippen LogP contribution in [0.25, 0.3) is 0 Å². The molecule has 2 aromatic carbocycles. The van der Waals surface area contributed by atoms with Crippen LogP contribution in [-0.2, 0) is 23.9 Å². The third kappa shape index (κ3) is 5.91. The van der Waals surface area contributed by atoms with Gasteiger partial charge in [0.1, 0.15) is 17.1 Å². The molecule has 3 N–H and O–H groups in total. The normalized spacial score (nSPS) is 15.7. The van der Waals surface area contributed by atoms with Crippen molar-refractivity contribution in [3.8, 4) is 5.75 Å². The van der Waals surface area contributed by atoms with Crippen LogP contribution in [0.3, 0.4) is 0 Å². The van der Waals surface area contributed by atoms with Crippen LogP contribution in [0, 0.1) is 0 Å². The van der Waals surface area contributed by atoms with Crippen LogP contribution >= 0.6 is 0 Å². The van der Waals surface area contributed by atoms with E-state index in [1.165, 1.54) is 0 Å². The van der Waals surface area contributed by atoms with Crippen molar-refractivity contribution in [3.05, 3.63) is 59.3 Å². The molecule has 3 heterocycles. The number of carbonyl (C=O) groups is 1. The second-order valence-electron chi connectivity index (χ2n) is 10.2. The zero-order chi connectivity index (χ0) is 28.4. The van der Waals surface area contributed by atoms with E-state index < -0.39 is 11.7 Å². The molecule has 2 aliphatic heterocycles. The van der Waals surface area contributed by atoms with Crippen molar-refractivity contribution in [1.29, 1.82) is 0 Å². The summed E-state index contributed by atoms with van der Waals surface area (Å²) in [6.45, 7) is 1.90. The highest BCUT2D eigenvalue weighted by Crippen LogP contribution is 2.37. The van der Waals surface area contributed by atoms with Crippen molar-refractivity contribution in [2.24, 2.45) is 0 Å². The van der Waals surface area contributed by atoms with Gasteiger partial charge in [-0.3, -0.25) is 4.79 Å². The lowest BCUT2D eigenvalue weighted by atomic mass is 10.0. The Morgan fingerprint density at radius 1 is 1.18 bits per heavy atom. The fourth-order valence-corrected chi connectivity index (χ4v) is 5.19. The van der Waals surface area contributed by atoms with Gasteiger partial charge in [-0.15, -0.1) is 0 Å². The van der Waals surface area contributed by atoms with Gasteiger partial charge in [0.05, 0.1) is 19.2 Å². The summed E-state index contributed by atoms with van der Waals surface area (Å²) < 4.78 is 47.0. The van der Waals surface area contributed by atoms with Crippen LogP contribution in [0.5, 0.6) is 5.75 Å². The molecule has 0 bridgehead atoms. The third-order valence-corrected chi connectivity index (χ3v) is 7.42. The number of nitrogens with one attached hydrogen (secondary N) is 3. The zero-order valence-corrected chi connectivity index (χ0v) is 22.6. The SMILES string of the molecule is COc1cc(N2CCC(N(C)C)CC2)ccc1Nc1ncc(C(F)(F)F)c(NCc2cccc3c2CC(=O)N3)n1. The Balaban J connectivity index is 1.35. The number of fused-ring (bicyclic) bond motifs is 1. The van der Waals surface area contributed by atoms with E-state index in [9.17, 15) is 18.0 Å². The molecule has 0 saturated carbocycles. The van der Waals surface area contributed by atoms with E-state index in [2.05, 4.69) is 49.8 Å². The number of piperidine rings is 1. The molecule has 12 heteroatoms. The number of halogens is 3. The summed E-state index contributed by atoms with van der Waals surface area (Å²) in [6, 6.07) is 11.5. The topological polar surface area (TPSA) is 94.7 Å². The van der Waals surface area contributed by atoms with Gasteiger partial charge in [0.2, 0.25) is 11.9 Å². The minimum atomic E-state index is -4.66. The highest BCUT2D eigenvalue weighted by molar-refractivity contribution is 5.99. The van der Waals surface area contributed by atoms with E-state index in [1.54, 1.807) is 25.3 Å². The van der Waals surface area contributed by atoms with Crippen LogP contribution in [0.4, 0.5) is 42.0 Å². The van der Waals surface area contributed by atoms with Crippen LogP contribution in [0.15, 0.2) is 42.6 Å². The molecule has 1 amide bonds. The number of nitrogens with zero attached hydrogens (tertiary/aromatic N) is 4. The van der Waals surface area contributed by atoms with Crippen molar-refractivity contribution in [2.75, 3.05) is 55.1 Å². The number of ether oxygens (including phenoxy) is 1. The van der Waals surface area contributed by atoms with Gasteiger partial charge in [0, 0.05) is 49.3 Å². The molecular formula is C28H32F3N7O2. The number of methoxy groups -OCH3 is 1. The fraction of sp³-hybridized carbons (Fsp3) is 0.393. The van der Waals surface area contributed by atoms with E-state index in [1.807, 2.05) is 18.2 Å². The van der Waals surface area contributed by atoms with Crippen molar-refractivity contribution in [2.45, 2.75) is 38.0 Å². The van der Waals surface area contributed by atoms with E-state index in [4.69, 9.17) is 4.74 Å². The monoisotopic (exact) mass is 555 g/mol. The Hall–Kier alpha value is -4.06. The third-order valence-electron chi connectivity index (χ3n) is 7.42. The first-order valence-electron chi connectivity index (χ1n) is 13.1. The molecule has 0 unspecified atom stereocenters. The summed E-state index contributed by atoms with van der Waals surface area (Å²) in [5.74, 6) is 0.00920. The summed E-state index contributed by atoms with van der Waals surface area (Å²) in [7, 11) is 5.74. The molecule has 0 aliphatic carbocycles. The predicted molar refractivity (Wildman–Crippen MR) is 148 cm³/mol. The largest absolute Gasteiger partial charge is 0.494 e. The first kappa shape index (κ1) is 27.5. The van der Waals surface area contributed by atoms with Gasteiger partial charge < -0.3 is 30.5 Å². The average Bonchev–Trinajstić information content (AvgIpc) is 3.32. The lowest BCUT2D eigenvalue weighted by molar-refractivity contribution is -0.137. The van der Waals surface area contributed by atoms with Gasteiger partial charge in [-0.1, -0.05) is 12.1 Å². The maximum Gasteiger partial charge on any atom is 0.421 e. The van der Waals surface area contributed by atoms with E-state index in [0.717, 1.165) is 43.4 Å². The van der Waals surface area contributed by atoms with Crippen molar-refractivity contribution in [3.63, 3.8) is 0 Å². The zero-order valence-electron chi connectivity index (χ0n) is 22.6. The lowest BCUT2D eigenvalue weighted by Gasteiger charge is -2.36. The fourth-order valence-electron chi connectivity index (χ4n) is 5.19. The van der Waals surface area contributed by atoms with E-state index in [0.29, 0.717) is 28.7 Å². The van der Waals surface area contributed by atoms with Gasteiger partial charge in [-0.25, -0.2) is 4.98 Å². The molecule has 3 aromatic rings. The number of hydrogen-bond donors (Lipinski definition) is 3. The van der Waals surface area contributed by atoms with Crippen LogP contribution in [-0.4, -0.2) is 61.1 Å². The summed E-state index contributed by atoms with van der Waals surface area (Å²) in [5, 5.41) is 8.56. The Labute approximate surface area is 230 Å². The van der Waals surface area contributed by atoms with E-state index >= 15 is 0 Å². The van der Waals surface area contributed by atoms with Gasteiger partial charge in [0.25, 0.3) is 0 Å². The number of benzene rings is 2. The molecule has 1 saturated heterocycles. The summed E-state index contributed by atoms with van der Waals surface area (Å²) in [4.78, 5) is 24.5. The molecule has 5 rings (SSSR count). The number of alkyl halides is 3. The Morgan fingerprint density at radius 3 is 2.65 bits per heavy atom. The molecule has 1 aromatic heterocycles. The number of carbonyl (C=O) groups excluding carboxylic acids is 1. The molecule has 2 aliphatic rings. The maximum atomic E-state index is 13.8. The second kappa shape index (κ2) is 11.2. The quantitative estimate of drug-likeness (QED) is 0.362. The molecule has 1 fully saturated rings. The molecule has 0 radical (unpaired) electrons. The first-order chi connectivity index (χ1) is 19.1. The molecule has 0 spiro atoms. The van der Waals surface area contributed by atoms with Gasteiger partial charge in [-0.05, 0) is 56.3 Å². The predicted octanol–water partition coefficient (Wildman–Crippen LogP) is 4.88. The number of hydrogen-bond acceptors (Lipinski definition) is 8. The Bertz CT molecular complexity index is 1390. The van der Waals surface area contributed by atoms with Crippen LogP contribution < -0.4 is 25.6 Å². The molecule has 40 heavy (non-hydrogen) atoms. The van der Waals surface area contributed by atoms with Crippen molar-refractivity contribution < 1.29 is 22.7 Å². The highest BCUT2D eigenvalue weighted by Gasteiger charge is 2.35. The van der Waals surface area contributed by atoms with Crippen LogP contribution in [0.1, 0.15) is 29.5 Å². The summed E-state index contributed by atoms with van der Waals surface area (Å²) >= 11 is 0. The Kier molecular flexibility index (Phi) is 7.70. The summed E-state index contributed by atoms with van der Waals surface area (Å²) in [6.07, 6.45) is -1.60. The molecule has 9 nitrogen and oxygen atoms in total. The smallest absolute Gasteiger partial charge is 0.421 e. The average molecular weight is 556 g/mol. The van der Waals surface area contributed by atoms with E-state index in [-0.39, 0.29) is 30.6 Å².